The van der Waals surface area contributed by atoms with Crippen molar-refractivity contribution in [3.63, 3.8) is 0 Å². The summed E-state index contributed by atoms with van der Waals surface area (Å²) < 4.78 is 22.7. The predicted molar refractivity (Wildman–Crippen MR) is 79.5 cm³/mol. The number of halogens is 1. The maximum Gasteiger partial charge on any atom is 0.254 e. The fraction of sp³-hybridized carbons (Fsp3) is 0.462. The van der Waals surface area contributed by atoms with Gasteiger partial charge in [0.15, 0.2) is 9.84 Å². The minimum Gasteiger partial charge on any atom is -0.336 e. The van der Waals surface area contributed by atoms with Crippen molar-refractivity contribution in [2.45, 2.75) is 24.3 Å². The Morgan fingerprint density at radius 1 is 1.26 bits per heavy atom. The van der Waals surface area contributed by atoms with Gasteiger partial charge in [0.05, 0.1) is 4.90 Å². The van der Waals surface area contributed by atoms with E-state index in [4.69, 9.17) is 0 Å². The van der Waals surface area contributed by atoms with E-state index in [1.807, 2.05) is 13.8 Å². The molecule has 0 aliphatic rings. The van der Waals surface area contributed by atoms with Gasteiger partial charge in [-0.3, -0.25) is 4.79 Å². The summed E-state index contributed by atoms with van der Waals surface area (Å²) >= 11 is 3.38. The Morgan fingerprint density at radius 2 is 1.74 bits per heavy atom. The molecule has 0 atom stereocenters. The molecule has 0 N–H and O–H groups in total. The number of alkyl halides is 1. The summed E-state index contributed by atoms with van der Waals surface area (Å²) in [7, 11) is -1.50. The lowest BCUT2D eigenvalue weighted by atomic mass is 10.1. The lowest BCUT2D eigenvalue weighted by Crippen LogP contribution is -2.46. The van der Waals surface area contributed by atoms with Gasteiger partial charge in [0.2, 0.25) is 0 Å². The minimum atomic E-state index is -3.23. The Bertz CT molecular complexity index is 564. The van der Waals surface area contributed by atoms with Crippen molar-refractivity contribution in [2.75, 3.05) is 18.6 Å². The van der Waals surface area contributed by atoms with Gasteiger partial charge < -0.3 is 4.90 Å². The van der Waals surface area contributed by atoms with Gasteiger partial charge >= 0.3 is 0 Å². The van der Waals surface area contributed by atoms with E-state index in [1.165, 1.54) is 12.1 Å². The van der Waals surface area contributed by atoms with Gasteiger partial charge in [-0.25, -0.2) is 8.42 Å². The summed E-state index contributed by atoms with van der Waals surface area (Å²) in [5.41, 5.74) is 0.163. The minimum absolute atomic E-state index is 0.135. The molecule has 0 radical (unpaired) electrons. The average Bonchev–Trinajstić information content (AvgIpc) is 2.36. The van der Waals surface area contributed by atoms with E-state index in [2.05, 4.69) is 15.9 Å². The maximum atomic E-state index is 12.3. The largest absolute Gasteiger partial charge is 0.336 e. The van der Waals surface area contributed by atoms with E-state index in [0.717, 1.165) is 6.26 Å². The van der Waals surface area contributed by atoms with Crippen molar-refractivity contribution in [3.05, 3.63) is 29.8 Å². The highest BCUT2D eigenvalue weighted by Gasteiger charge is 2.27. The van der Waals surface area contributed by atoms with Crippen LogP contribution < -0.4 is 0 Å². The second-order valence-corrected chi connectivity index (χ2v) is 7.68. The first-order valence-corrected chi connectivity index (χ1v) is 8.75. The number of sulfone groups is 1. The number of nitrogens with zero attached hydrogens (tertiary/aromatic N) is 1. The van der Waals surface area contributed by atoms with Crippen molar-refractivity contribution < 1.29 is 13.2 Å². The van der Waals surface area contributed by atoms with Gasteiger partial charge in [0.1, 0.15) is 0 Å². The third-order valence-electron chi connectivity index (χ3n) is 3.07. The fourth-order valence-electron chi connectivity index (χ4n) is 1.40. The molecule has 0 aliphatic heterocycles. The number of hydrogen-bond donors (Lipinski definition) is 0. The summed E-state index contributed by atoms with van der Waals surface area (Å²) in [5, 5.41) is 0.656. The van der Waals surface area contributed by atoms with Gasteiger partial charge in [0, 0.05) is 29.7 Å². The molecule has 0 fully saturated rings. The van der Waals surface area contributed by atoms with E-state index in [0.29, 0.717) is 10.9 Å². The van der Waals surface area contributed by atoms with Crippen molar-refractivity contribution in [1.29, 1.82) is 0 Å². The lowest BCUT2D eigenvalue weighted by molar-refractivity contribution is 0.0663. The van der Waals surface area contributed by atoms with E-state index >= 15 is 0 Å². The number of amides is 1. The van der Waals surface area contributed by atoms with Crippen molar-refractivity contribution in [3.8, 4) is 0 Å². The first-order valence-electron chi connectivity index (χ1n) is 5.74. The molecule has 1 aromatic rings. The third-order valence-corrected chi connectivity index (χ3v) is 5.57. The monoisotopic (exact) mass is 347 g/mol. The molecular formula is C13H18BrNO3S. The number of carbonyl (C=O) groups excluding carboxylic acids is 1. The number of rotatable bonds is 4. The molecular weight excluding hydrogens is 330 g/mol. The Morgan fingerprint density at radius 3 is 2.11 bits per heavy atom. The van der Waals surface area contributed by atoms with Crippen LogP contribution in [0.2, 0.25) is 0 Å². The molecule has 6 heteroatoms. The Labute approximate surface area is 122 Å². The highest BCUT2D eigenvalue weighted by Crippen LogP contribution is 2.19. The number of carbonyl (C=O) groups is 1. The van der Waals surface area contributed by atoms with Crippen LogP contribution in [0.1, 0.15) is 24.2 Å². The second-order valence-electron chi connectivity index (χ2n) is 5.11. The van der Waals surface area contributed by atoms with Crippen molar-refractivity contribution >= 4 is 31.7 Å². The molecule has 0 aliphatic carbocycles. The Balaban J connectivity index is 3.03. The van der Waals surface area contributed by atoms with Crippen LogP contribution in [-0.2, 0) is 9.84 Å². The van der Waals surface area contributed by atoms with Gasteiger partial charge in [-0.2, -0.15) is 0 Å². The van der Waals surface area contributed by atoms with Crippen LogP contribution in [0, 0.1) is 0 Å². The summed E-state index contributed by atoms with van der Waals surface area (Å²) in [6.45, 7) is 3.90. The topological polar surface area (TPSA) is 54.5 Å². The normalized spacial score (nSPS) is 12.3. The smallest absolute Gasteiger partial charge is 0.254 e. The summed E-state index contributed by atoms with van der Waals surface area (Å²) in [5.74, 6) is -0.135. The van der Waals surface area contributed by atoms with Crippen LogP contribution in [0.5, 0.6) is 0 Å². The summed E-state index contributed by atoms with van der Waals surface area (Å²) in [6, 6.07) is 5.99. The quantitative estimate of drug-likeness (QED) is 0.785. The zero-order chi connectivity index (χ0) is 14.8. The van der Waals surface area contributed by atoms with E-state index in [9.17, 15) is 13.2 Å². The molecule has 1 rings (SSSR count). The molecule has 19 heavy (non-hydrogen) atoms. The first-order chi connectivity index (χ1) is 8.59. The van der Waals surface area contributed by atoms with E-state index in [1.54, 1.807) is 24.1 Å². The van der Waals surface area contributed by atoms with Crippen LogP contribution in [0.25, 0.3) is 0 Å². The Hall–Kier alpha value is -0.880. The molecule has 4 nitrogen and oxygen atoms in total. The fourth-order valence-corrected chi connectivity index (χ4v) is 2.41. The molecule has 0 bridgehead atoms. The molecule has 0 saturated carbocycles. The van der Waals surface area contributed by atoms with Gasteiger partial charge in [-0.05, 0) is 38.1 Å². The average molecular weight is 348 g/mol. The summed E-state index contributed by atoms with van der Waals surface area (Å²) in [6.07, 6.45) is 1.14. The van der Waals surface area contributed by atoms with Crippen molar-refractivity contribution in [1.82, 2.24) is 4.90 Å². The molecule has 0 heterocycles. The van der Waals surface area contributed by atoms with Crippen LogP contribution in [0.15, 0.2) is 29.2 Å². The molecule has 0 saturated heterocycles. The predicted octanol–water partition coefficient (Wildman–Crippen LogP) is 2.34. The first kappa shape index (κ1) is 16.2. The molecule has 0 unspecified atom stereocenters. The molecule has 1 amide bonds. The molecule has 0 aromatic heterocycles. The van der Waals surface area contributed by atoms with Crippen LogP contribution in [-0.4, -0.2) is 43.4 Å². The van der Waals surface area contributed by atoms with Crippen LogP contribution in [0.4, 0.5) is 0 Å². The second kappa shape index (κ2) is 5.63. The van der Waals surface area contributed by atoms with Crippen LogP contribution >= 0.6 is 15.9 Å². The summed E-state index contributed by atoms with van der Waals surface area (Å²) in [4.78, 5) is 14.1. The molecule has 1 aromatic carbocycles. The van der Waals surface area contributed by atoms with Gasteiger partial charge in [0.25, 0.3) is 5.91 Å². The highest BCUT2D eigenvalue weighted by molar-refractivity contribution is 9.09. The SMILES string of the molecule is CN(C(=O)c1ccc(S(C)(=O)=O)cc1)C(C)(C)CBr. The molecule has 0 spiro atoms. The maximum absolute atomic E-state index is 12.3. The Kier molecular flexibility index (Phi) is 4.79. The zero-order valence-electron chi connectivity index (χ0n) is 11.5. The standard InChI is InChI=1S/C13H18BrNO3S/c1-13(2,9-14)15(3)12(16)10-5-7-11(8-6-10)19(4,17)18/h5-8H,9H2,1-4H3. The van der Waals surface area contributed by atoms with Crippen molar-refractivity contribution in [2.24, 2.45) is 0 Å². The highest BCUT2D eigenvalue weighted by atomic mass is 79.9. The van der Waals surface area contributed by atoms with E-state index < -0.39 is 9.84 Å². The van der Waals surface area contributed by atoms with Gasteiger partial charge in [-0.1, -0.05) is 15.9 Å². The number of benzene rings is 1. The van der Waals surface area contributed by atoms with Crippen LogP contribution in [0.3, 0.4) is 0 Å². The zero-order valence-corrected chi connectivity index (χ0v) is 13.9. The molecule has 106 valence electrons. The van der Waals surface area contributed by atoms with Gasteiger partial charge in [-0.15, -0.1) is 0 Å². The third kappa shape index (κ3) is 3.79. The van der Waals surface area contributed by atoms with E-state index in [-0.39, 0.29) is 16.3 Å². The number of hydrogen-bond acceptors (Lipinski definition) is 3. The lowest BCUT2D eigenvalue weighted by Gasteiger charge is -2.34.